The Morgan fingerprint density at radius 2 is 2.00 bits per heavy atom. The van der Waals surface area contributed by atoms with E-state index in [0.717, 1.165) is 0 Å². The number of carbonyl (C=O) groups is 1. The van der Waals surface area contributed by atoms with E-state index in [2.05, 4.69) is 36.2 Å². The molecule has 1 amide bonds. The van der Waals surface area contributed by atoms with Gasteiger partial charge in [-0.1, -0.05) is 0 Å². The van der Waals surface area contributed by atoms with E-state index >= 15 is 0 Å². The van der Waals surface area contributed by atoms with Gasteiger partial charge in [0.05, 0.1) is 17.1 Å². The Kier molecular flexibility index (Phi) is 7.53. The SMILES string of the molecule is FCF.NC1=NC(c2cc(NC(=O)c3ncc(Br)cn3)ccc2F)CCO1. The maximum Gasteiger partial charge on any atom is 0.293 e. The lowest BCUT2D eigenvalue weighted by Gasteiger charge is -2.20. The molecule has 1 aliphatic rings. The maximum atomic E-state index is 14.1. The van der Waals surface area contributed by atoms with Crippen LogP contribution in [0.4, 0.5) is 18.9 Å². The van der Waals surface area contributed by atoms with Gasteiger partial charge < -0.3 is 15.8 Å². The first kappa shape index (κ1) is 20.6. The number of ether oxygens (including phenoxy) is 1. The van der Waals surface area contributed by atoms with E-state index in [4.69, 9.17) is 10.5 Å². The second kappa shape index (κ2) is 9.86. The first-order valence-electron chi connectivity index (χ1n) is 7.61. The molecule has 0 fully saturated rings. The number of nitrogens with one attached hydrogen (secondary N) is 1. The van der Waals surface area contributed by atoms with E-state index in [1.165, 1.54) is 30.6 Å². The van der Waals surface area contributed by atoms with E-state index in [9.17, 15) is 18.0 Å². The third-order valence-electron chi connectivity index (χ3n) is 3.36. The Hall–Kier alpha value is -2.69. The van der Waals surface area contributed by atoms with Crippen molar-refractivity contribution in [3.8, 4) is 0 Å². The van der Waals surface area contributed by atoms with Crippen LogP contribution in [0.25, 0.3) is 0 Å². The summed E-state index contributed by atoms with van der Waals surface area (Å²) in [7, 11) is 0. The number of amidine groups is 1. The summed E-state index contributed by atoms with van der Waals surface area (Å²) in [6, 6.07) is 3.85. The van der Waals surface area contributed by atoms with Crippen molar-refractivity contribution in [2.75, 3.05) is 18.9 Å². The Morgan fingerprint density at radius 3 is 2.63 bits per heavy atom. The number of nitrogens with two attached hydrogens (primary N) is 1. The molecule has 7 nitrogen and oxygen atoms in total. The Labute approximate surface area is 161 Å². The summed E-state index contributed by atoms with van der Waals surface area (Å²) in [5.41, 5.74) is 6.30. The van der Waals surface area contributed by atoms with Gasteiger partial charge in [0.1, 0.15) is 5.82 Å². The van der Waals surface area contributed by atoms with Gasteiger partial charge in [0, 0.05) is 30.1 Å². The van der Waals surface area contributed by atoms with Gasteiger partial charge in [0.15, 0.2) is 0 Å². The monoisotopic (exact) mass is 445 g/mol. The molecular formula is C16H15BrF3N5O2. The predicted molar refractivity (Wildman–Crippen MR) is 96.1 cm³/mol. The summed E-state index contributed by atoms with van der Waals surface area (Å²) in [5, 5.41) is 2.64. The highest BCUT2D eigenvalue weighted by Crippen LogP contribution is 2.28. The number of nitrogens with zero attached hydrogens (tertiary/aromatic N) is 3. The summed E-state index contributed by atoms with van der Waals surface area (Å²) >= 11 is 3.20. The van der Waals surface area contributed by atoms with Crippen LogP contribution in [0.15, 0.2) is 40.1 Å². The molecular weight excluding hydrogens is 431 g/mol. The number of aromatic nitrogens is 2. The molecule has 3 N–H and O–H groups in total. The van der Waals surface area contributed by atoms with Crippen LogP contribution in [-0.2, 0) is 4.74 Å². The van der Waals surface area contributed by atoms with Crippen LogP contribution in [0.3, 0.4) is 0 Å². The highest BCUT2D eigenvalue weighted by atomic mass is 79.9. The second-order valence-corrected chi connectivity index (χ2v) is 6.05. The number of hydrogen-bond acceptors (Lipinski definition) is 6. The van der Waals surface area contributed by atoms with Gasteiger partial charge in [-0.05, 0) is 34.1 Å². The van der Waals surface area contributed by atoms with E-state index in [0.29, 0.717) is 28.8 Å². The molecule has 27 heavy (non-hydrogen) atoms. The third kappa shape index (κ3) is 5.91. The molecule has 0 spiro atoms. The fourth-order valence-corrected chi connectivity index (χ4v) is 2.45. The van der Waals surface area contributed by atoms with E-state index in [-0.39, 0.29) is 11.8 Å². The lowest BCUT2D eigenvalue weighted by atomic mass is 10.0. The molecule has 0 aliphatic carbocycles. The molecule has 2 aromatic rings. The number of anilines is 1. The highest BCUT2D eigenvalue weighted by Gasteiger charge is 2.21. The molecule has 11 heteroatoms. The van der Waals surface area contributed by atoms with Gasteiger partial charge in [0.2, 0.25) is 12.8 Å². The van der Waals surface area contributed by atoms with Crippen molar-refractivity contribution >= 4 is 33.5 Å². The van der Waals surface area contributed by atoms with Gasteiger partial charge >= 0.3 is 0 Å². The van der Waals surface area contributed by atoms with E-state index in [1.54, 1.807) is 0 Å². The fourth-order valence-electron chi connectivity index (χ4n) is 2.25. The summed E-state index contributed by atoms with van der Waals surface area (Å²) in [6.07, 6.45) is 3.44. The molecule has 0 bridgehead atoms. The number of benzene rings is 1. The topological polar surface area (TPSA) is 102 Å². The van der Waals surface area contributed by atoms with E-state index < -0.39 is 24.7 Å². The summed E-state index contributed by atoms with van der Waals surface area (Å²) < 4.78 is 39.1. The van der Waals surface area contributed by atoms with Crippen molar-refractivity contribution in [3.05, 3.63) is 52.3 Å². The number of amides is 1. The van der Waals surface area contributed by atoms with Crippen LogP contribution in [-0.4, -0.2) is 35.4 Å². The molecule has 3 rings (SSSR count). The standard InChI is InChI=1S/C15H13BrFN5O2.CH2F2/c16-8-6-19-13(20-7-8)14(23)21-9-1-2-11(17)10(5-9)12-3-4-24-15(18)22-12;2-1-3/h1-2,5-7,12H,3-4H2,(H2,18,22)(H,21,23);1H2. The number of hydrogen-bond donors (Lipinski definition) is 2. The Balaban J connectivity index is 0.000000817. The molecule has 1 unspecified atom stereocenters. The quantitative estimate of drug-likeness (QED) is 0.754. The predicted octanol–water partition coefficient (Wildman–Crippen LogP) is 3.29. The summed E-state index contributed by atoms with van der Waals surface area (Å²) in [5.74, 6) is -0.899. The van der Waals surface area contributed by atoms with Crippen LogP contribution in [0, 0.1) is 5.82 Å². The van der Waals surface area contributed by atoms with Crippen LogP contribution < -0.4 is 11.1 Å². The average Bonchev–Trinajstić information content (AvgIpc) is 2.64. The molecule has 0 radical (unpaired) electrons. The van der Waals surface area contributed by atoms with Gasteiger partial charge in [0.25, 0.3) is 11.9 Å². The zero-order chi connectivity index (χ0) is 19.8. The maximum absolute atomic E-state index is 14.1. The largest absolute Gasteiger partial charge is 0.465 e. The first-order valence-corrected chi connectivity index (χ1v) is 8.40. The van der Waals surface area contributed by atoms with Crippen LogP contribution >= 0.6 is 15.9 Å². The highest BCUT2D eigenvalue weighted by molar-refractivity contribution is 9.10. The first-order chi connectivity index (χ1) is 12.9. The van der Waals surface area contributed by atoms with Crippen molar-refractivity contribution in [3.63, 3.8) is 0 Å². The van der Waals surface area contributed by atoms with Crippen LogP contribution in [0.5, 0.6) is 0 Å². The number of rotatable bonds is 3. The van der Waals surface area contributed by atoms with Crippen LogP contribution in [0.2, 0.25) is 0 Å². The minimum absolute atomic E-state index is 0.0115. The zero-order valence-corrected chi connectivity index (χ0v) is 15.4. The van der Waals surface area contributed by atoms with E-state index in [1.807, 2.05) is 0 Å². The summed E-state index contributed by atoms with van der Waals surface area (Å²) in [4.78, 5) is 24.1. The van der Waals surface area contributed by atoms with Gasteiger partial charge in [-0.2, -0.15) is 0 Å². The average molecular weight is 446 g/mol. The smallest absolute Gasteiger partial charge is 0.293 e. The number of aliphatic imine (C=N–C) groups is 1. The Bertz CT molecular complexity index is 820. The number of halogens is 4. The lowest BCUT2D eigenvalue weighted by Crippen LogP contribution is -2.24. The molecule has 1 aromatic heterocycles. The minimum atomic E-state index is -1.75. The van der Waals surface area contributed by atoms with Crippen molar-refractivity contribution in [1.29, 1.82) is 0 Å². The number of carbonyl (C=O) groups excluding carboxylic acids is 1. The van der Waals surface area contributed by atoms with Gasteiger partial charge in [-0.25, -0.2) is 28.1 Å². The molecule has 1 aromatic carbocycles. The van der Waals surface area contributed by atoms with Crippen LogP contribution in [0.1, 0.15) is 28.6 Å². The molecule has 1 aliphatic heterocycles. The third-order valence-corrected chi connectivity index (χ3v) is 3.77. The van der Waals surface area contributed by atoms with Crippen molar-refractivity contribution in [1.82, 2.24) is 9.97 Å². The molecule has 144 valence electrons. The van der Waals surface area contributed by atoms with Gasteiger partial charge in [-0.15, -0.1) is 0 Å². The van der Waals surface area contributed by atoms with Crippen molar-refractivity contribution < 1.29 is 22.7 Å². The second-order valence-electron chi connectivity index (χ2n) is 5.14. The van der Waals surface area contributed by atoms with Gasteiger partial charge in [-0.3, -0.25) is 4.79 Å². The lowest BCUT2D eigenvalue weighted by molar-refractivity contribution is 0.101. The molecule has 1 atom stereocenters. The van der Waals surface area contributed by atoms with Crippen molar-refractivity contribution in [2.45, 2.75) is 12.5 Å². The molecule has 0 saturated heterocycles. The fraction of sp³-hybridized carbons (Fsp3) is 0.250. The normalized spacial score (nSPS) is 15.7. The summed E-state index contributed by atoms with van der Waals surface area (Å²) in [6.45, 7) is -1.39. The molecule has 2 heterocycles. The Morgan fingerprint density at radius 1 is 1.33 bits per heavy atom. The van der Waals surface area contributed by atoms with Crippen molar-refractivity contribution in [2.24, 2.45) is 10.7 Å². The zero-order valence-electron chi connectivity index (χ0n) is 13.8. The number of alkyl halides is 2. The minimum Gasteiger partial charge on any atom is -0.465 e. The molecule has 0 saturated carbocycles.